The molecule has 0 heterocycles. The van der Waals surface area contributed by atoms with Crippen LogP contribution in [0.3, 0.4) is 0 Å². The molecule has 0 radical (unpaired) electrons. The molecule has 0 atom stereocenters. The molecule has 21 heavy (non-hydrogen) atoms. The molecular weight excluding hydrogens is 313 g/mol. The Morgan fingerprint density at radius 2 is 1.71 bits per heavy atom. The average Bonchev–Trinajstić information content (AvgIpc) is 2.29. The highest BCUT2D eigenvalue weighted by Crippen LogP contribution is 2.32. The van der Waals surface area contributed by atoms with Crippen LogP contribution >= 0.6 is 0 Å². The van der Waals surface area contributed by atoms with Crippen molar-refractivity contribution in [2.75, 3.05) is 0 Å². The van der Waals surface area contributed by atoms with E-state index in [1.807, 2.05) is 0 Å². The highest BCUT2D eigenvalue weighted by atomic mass is 32.2. The minimum atomic E-state index is -5.75. The summed E-state index contributed by atoms with van der Waals surface area (Å²) < 4.78 is 62.9. The Hall–Kier alpha value is -2.03. The van der Waals surface area contributed by atoms with Crippen LogP contribution in [0.5, 0.6) is 5.75 Å². The Balaban J connectivity index is 3.21. The molecule has 1 aromatic rings. The van der Waals surface area contributed by atoms with E-state index in [4.69, 9.17) is 5.11 Å². The predicted octanol–water partition coefficient (Wildman–Crippen LogP) is 2.63. The number of carboxylic acid groups (broad SMARTS) is 1. The molecule has 116 valence electrons. The maximum Gasteiger partial charge on any atom is 0.534 e. The fraction of sp³-hybridized carbons (Fsp3) is 0.250. The Bertz CT molecular complexity index is 666. The molecule has 0 amide bonds. The van der Waals surface area contributed by atoms with Gasteiger partial charge in [0, 0.05) is 6.08 Å². The van der Waals surface area contributed by atoms with Gasteiger partial charge in [-0.05, 0) is 48.7 Å². The van der Waals surface area contributed by atoms with E-state index < -0.39 is 27.3 Å². The number of aryl methyl sites for hydroxylation is 2. The molecule has 5 nitrogen and oxygen atoms in total. The van der Waals surface area contributed by atoms with Gasteiger partial charge < -0.3 is 9.29 Å². The van der Waals surface area contributed by atoms with Crippen LogP contribution in [-0.4, -0.2) is 25.0 Å². The zero-order chi connectivity index (χ0) is 16.4. The van der Waals surface area contributed by atoms with E-state index in [9.17, 15) is 26.4 Å². The lowest BCUT2D eigenvalue weighted by atomic mass is 10.1. The van der Waals surface area contributed by atoms with Gasteiger partial charge in [0.1, 0.15) is 5.75 Å². The smallest absolute Gasteiger partial charge is 0.478 e. The van der Waals surface area contributed by atoms with Crippen molar-refractivity contribution in [3.8, 4) is 5.75 Å². The van der Waals surface area contributed by atoms with Crippen LogP contribution < -0.4 is 4.18 Å². The number of halogens is 3. The van der Waals surface area contributed by atoms with Crippen LogP contribution in [-0.2, 0) is 14.9 Å². The minimum absolute atomic E-state index is 0.132. The molecule has 0 fully saturated rings. The second-order valence-corrected chi connectivity index (χ2v) is 5.68. The lowest BCUT2D eigenvalue weighted by Crippen LogP contribution is -2.28. The molecule has 0 aromatic heterocycles. The van der Waals surface area contributed by atoms with E-state index in [1.165, 1.54) is 32.1 Å². The molecule has 0 aliphatic heterocycles. The van der Waals surface area contributed by atoms with Crippen molar-refractivity contribution in [1.82, 2.24) is 0 Å². The third-order valence-corrected chi connectivity index (χ3v) is 3.33. The first kappa shape index (κ1) is 17.0. The Labute approximate surface area is 118 Å². The van der Waals surface area contributed by atoms with Crippen LogP contribution in [0.25, 0.3) is 6.08 Å². The fourth-order valence-electron chi connectivity index (χ4n) is 1.54. The lowest BCUT2D eigenvalue weighted by Gasteiger charge is -2.14. The van der Waals surface area contributed by atoms with Crippen molar-refractivity contribution < 1.29 is 35.7 Å². The lowest BCUT2D eigenvalue weighted by molar-refractivity contribution is -0.131. The van der Waals surface area contributed by atoms with E-state index in [-0.39, 0.29) is 11.1 Å². The van der Waals surface area contributed by atoms with Gasteiger partial charge in [-0.15, -0.1) is 0 Å². The summed E-state index contributed by atoms with van der Waals surface area (Å²) in [4.78, 5) is 10.4. The van der Waals surface area contributed by atoms with Crippen LogP contribution in [0, 0.1) is 13.8 Å². The van der Waals surface area contributed by atoms with Crippen LogP contribution in [0.4, 0.5) is 13.2 Å². The third-order valence-electron chi connectivity index (χ3n) is 2.38. The molecule has 0 bridgehead atoms. The normalized spacial score (nSPS) is 12.6. The first-order valence-corrected chi connectivity index (χ1v) is 6.88. The van der Waals surface area contributed by atoms with Crippen LogP contribution in [0.2, 0.25) is 0 Å². The molecule has 1 aromatic carbocycles. The number of aliphatic carboxylic acids is 1. The molecule has 0 aliphatic rings. The SMILES string of the molecule is Cc1cc(/C=C/C(=O)O)cc(C)c1OS(=O)(=O)C(F)(F)F. The largest absolute Gasteiger partial charge is 0.534 e. The molecule has 9 heteroatoms. The summed E-state index contributed by atoms with van der Waals surface area (Å²) in [6.07, 6.45) is 2.07. The fourth-order valence-corrected chi connectivity index (χ4v) is 2.11. The van der Waals surface area contributed by atoms with E-state index in [1.54, 1.807) is 0 Å². The Morgan fingerprint density at radius 1 is 1.24 bits per heavy atom. The number of rotatable bonds is 4. The van der Waals surface area contributed by atoms with Gasteiger partial charge in [0.15, 0.2) is 0 Å². The second-order valence-electron chi connectivity index (χ2n) is 4.14. The summed E-state index contributed by atoms with van der Waals surface area (Å²) in [7, 11) is -5.75. The summed E-state index contributed by atoms with van der Waals surface area (Å²) in [5.74, 6) is -1.62. The molecule has 0 saturated heterocycles. The van der Waals surface area contributed by atoms with Crippen molar-refractivity contribution in [3.63, 3.8) is 0 Å². The summed E-state index contributed by atoms with van der Waals surface area (Å²) in [5.41, 5.74) is -4.86. The first-order valence-electron chi connectivity index (χ1n) is 5.47. The number of alkyl halides is 3. The predicted molar refractivity (Wildman–Crippen MR) is 68.2 cm³/mol. The quantitative estimate of drug-likeness (QED) is 0.523. The second kappa shape index (κ2) is 5.76. The highest BCUT2D eigenvalue weighted by Gasteiger charge is 2.48. The third kappa shape index (κ3) is 4.22. The molecular formula is C12H11F3O5S. The van der Waals surface area contributed by atoms with Gasteiger partial charge in [-0.25, -0.2) is 4.79 Å². The van der Waals surface area contributed by atoms with E-state index in [0.29, 0.717) is 5.56 Å². The van der Waals surface area contributed by atoms with Gasteiger partial charge in [0.05, 0.1) is 0 Å². The summed E-state index contributed by atoms with van der Waals surface area (Å²) in [5, 5.41) is 8.49. The number of carbonyl (C=O) groups is 1. The van der Waals surface area contributed by atoms with Crippen LogP contribution in [0.1, 0.15) is 16.7 Å². The van der Waals surface area contributed by atoms with Crippen molar-refractivity contribution in [1.29, 1.82) is 0 Å². The summed E-state index contributed by atoms with van der Waals surface area (Å²) >= 11 is 0. The minimum Gasteiger partial charge on any atom is -0.478 e. The van der Waals surface area contributed by atoms with Crippen molar-refractivity contribution >= 4 is 22.2 Å². The number of hydrogen-bond acceptors (Lipinski definition) is 4. The number of benzene rings is 1. The highest BCUT2D eigenvalue weighted by molar-refractivity contribution is 7.88. The van der Waals surface area contributed by atoms with Gasteiger partial charge in [-0.3, -0.25) is 0 Å². The monoisotopic (exact) mass is 324 g/mol. The zero-order valence-corrected chi connectivity index (χ0v) is 11.7. The average molecular weight is 324 g/mol. The number of carboxylic acids is 1. The first-order chi connectivity index (χ1) is 9.44. The maximum atomic E-state index is 12.3. The zero-order valence-electron chi connectivity index (χ0n) is 10.9. The van der Waals surface area contributed by atoms with Gasteiger partial charge in [0.2, 0.25) is 0 Å². The Morgan fingerprint density at radius 3 is 2.10 bits per heavy atom. The molecule has 1 N–H and O–H groups in total. The summed E-state index contributed by atoms with van der Waals surface area (Å²) in [6, 6.07) is 2.63. The standard InChI is InChI=1S/C12H11F3O5S/c1-7-5-9(3-4-10(16)17)6-8(2)11(7)20-21(18,19)12(13,14)15/h3-6H,1-2H3,(H,16,17)/b4-3+. The van der Waals surface area contributed by atoms with E-state index in [2.05, 4.69) is 4.18 Å². The molecule has 1 rings (SSSR count). The number of hydrogen-bond donors (Lipinski definition) is 1. The van der Waals surface area contributed by atoms with Crippen molar-refractivity contribution in [2.24, 2.45) is 0 Å². The van der Waals surface area contributed by atoms with Gasteiger partial charge in [-0.1, -0.05) is 0 Å². The van der Waals surface area contributed by atoms with E-state index in [0.717, 1.165) is 6.08 Å². The van der Waals surface area contributed by atoms with Crippen LogP contribution in [0.15, 0.2) is 18.2 Å². The molecule has 0 unspecified atom stereocenters. The Kier molecular flexibility index (Phi) is 4.67. The van der Waals surface area contributed by atoms with Crippen molar-refractivity contribution in [3.05, 3.63) is 34.9 Å². The molecule has 0 saturated carbocycles. The maximum absolute atomic E-state index is 12.3. The topological polar surface area (TPSA) is 80.7 Å². The van der Waals surface area contributed by atoms with Gasteiger partial charge in [0.25, 0.3) is 0 Å². The molecule has 0 spiro atoms. The van der Waals surface area contributed by atoms with Crippen molar-refractivity contribution in [2.45, 2.75) is 19.4 Å². The van der Waals surface area contributed by atoms with Gasteiger partial charge >= 0.3 is 21.6 Å². The van der Waals surface area contributed by atoms with Gasteiger partial charge in [-0.2, -0.15) is 21.6 Å². The summed E-state index contributed by atoms with van der Waals surface area (Å²) in [6.45, 7) is 2.71. The molecule has 0 aliphatic carbocycles. The van der Waals surface area contributed by atoms with E-state index >= 15 is 0 Å².